The Hall–Kier alpha value is -2.67. The molecule has 2 aromatic rings. The Kier molecular flexibility index (Phi) is 6.91. The summed E-state index contributed by atoms with van der Waals surface area (Å²) in [5.74, 6) is 10.6. The summed E-state index contributed by atoms with van der Waals surface area (Å²) in [6, 6.07) is 6.89. The van der Waals surface area contributed by atoms with Gasteiger partial charge in [0.25, 0.3) is 0 Å². The summed E-state index contributed by atoms with van der Waals surface area (Å²) in [6.07, 6.45) is 0.974. The van der Waals surface area contributed by atoms with Gasteiger partial charge in [0.2, 0.25) is 11.1 Å². The second-order valence-corrected chi connectivity index (χ2v) is 6.31. The van der Waals surface area contributed by atoms with Crippen LogP contribution in [0.1, 0.15) is 0 Å². The van der Waals surface area contributed by atoms with Gasteiger partial charge in [-0.15, -0.1) is 0 Å². The Morgan fingerprint density at radius 1 is 1.46 bits per heavy atom. The van der Waals surface area contributed by atoms with Crippen LogP contribution >= 0.6 is 11.8 Å². The van der Waals surface area contributed by atoms with Crippen LogP contribution in [-0.4, -0.2) is 38.6 Å². The fourth-order valence-electron chi connectivity index (χ4n) is 1.87. The van der Waals surface area contributed by atoms with Crippen molar-refractivity contribution in [3.8, 4) is 0 Å². The Morgan fingerprint density at radius 2 is 2.23 bits per heavy atom. The van der Waals surface area contributed by atoms with Crippen LogP contribution in [0.25, 0.3) is 0 Å². The summed E-state index contributed by atoms with van der Waals surface area (Å²) in [6.45, 7) is 0.0951. The molecular formula is C14H20FN9OS. The molecule has 1 unspecified atom stereocenters. The lowest BCUT2D eigenvalue weighted by molar-refractivity contribution is 0.296. The monoisotopic (exact) mass is 381 g/mol. The molecule has 140 valence electrons. The number of hydrogen-bond acceptors (Lipinski definition) is 10. The molecule has 0 amide bonds. The summed E-state index contributed by atoms with van der Waals surface area (Å²) in [4.78, 5) is 7.61. The normalized spacial score (nSPS) is 12.7. The number of aliphatic hydroxyl groups is 1. The second-order valence-electron chi connectivity index (χ2n) is 5.04. The zero-order chi connectivity index (χ0) is 19.1. The topological polar surface area (TPSA) is 178 Å². The van der Waals surface area contributed by atoms with Crippen molar-refractivity contribution < 1.29 is 9.50 Å². The standard InChI is InChI=1S/C14H20FN9OS/c15-11-6-20-13(22-12(11)17)21-8-2-1-3-9(4-8)24(19)14(23-18)26-10(5-16)7-25/h1-4,6,10,25H,5,7,16,18-19H2,(H3,17,20,21,22)/b23-14+. The number of benzene rings is 1. The van der Waals surface area contributed by atoms with Crippen LogP contribution in [-0.2, 0) is 0 Å². The molecule has 0 aliphatic heterocycles. The molecule has 10 nitrogen and oxygen atoms in total. The Bertz CT molecular complexity index is 772. The molecule has 0 saturated heterocycles. The van der Waals surface area contributed by atoms with Crippen molar-refractivity contribution in [2.45, 2.75) is 5.25 Å². The number of aliphatic hydroxyl groups excluding tert-OH is 1. The van der Waals surface area contributed by atoms with Crippen molar-refractivity contribution in [1.82, 2.24) is 9.97 Å². The predicted octanol–water partition coefficient (Wildman–Crippen LogP) is -0.0959. The molecule has 0 aliphatic rings. The molecule has 26 heavy (non-hydrogen) atoms. The Labute approximate surface area is 153 Å². The molecular weight excluding hydrogens is 361 g/mol. The predicted molar refractivity (Wildman–Crippen MR) is 102 cm³/mol. The van der Waals surface area contributed by atoms with Crippen molar-refractivity contribution >= 4 is 40.1 Å². The summed E-state index contributed by atoms with van der Waals surface area (Å²) in [5, 5.41) is 17.0. The van der Waals surface area contributed by atoms with E-state index >= 15 is 0 Å². The molecule has 0 bridgehead atoms. The van der Waals surface area contributed by atoms with E-state index in [1.54, 1.807) is 24.3 Å². The van der Waals surface area contributed by atoms with Crippen LogP contribution in [0, 0.1) is 5.82 Å². The van der Waals surface area contributed by atoms with E-state index in [2.05, 4.69) is 20.4 Å². The smallest absolute Gasteiger partial charge is 0.229 e. The third-order valence-electron chi connectivity index (χ3n) is 3.21. The number of nitrogens with one attached hydrogen (secondary N) is 1. The third kappa shape index (κ3) is 4.92. The summed E-state index contributed by atoms with van der Waals surface area (Å²) in [5.41, 5.74) is 12.1. The molecule has 0 fully saturated rings. The average molecular weight is 381 g/mol. The van der Waals surface area contributed by atoms with Gasteiger partial charge in [-0.1, -0.05) is 17.8 Å². The first-order valence-electron chi connectivity index (χ1n) is 7.43. The van der Waals surface area contributed by atoms with Crippen molar-refractivity contribution in [3.05, 3.63) is 36.3 Å². The lowest BCUT2D eigenvalue weighted by Crippen LogP contribution is -2.38. The third-order valence-corrected chi connectivity index (χ3v) is 4.39. The molecule has 1 heterocycles. The van der Waals surface area contributed by atoms with Gasteiger partial charge in [-0.2, -0.15) is 10.1 Å². The first kappa shape index (κ1) is 19.7. The van der Waals surface area contributed by atoms with Crippen molar-refractivity contribution in [3.63, 3.8) is 0 Å². The number of amidine groups is 1. The average Bonchev–Trinajstić information content (AvgIpc) is 2.65. The number of nitrogens with two attached hydrogens (primary N) is 4. The van der Waals surface area contributed by atoms with E-state index in [0.717, 1.165) is 18.0 Å². The van der Waals surface area contributed by atoms with E-state index < -0.39 is 5.82 Å². The molecule has 10 N–H and O–H groups in total. The van der Waals surface area contributed by atoms with E-state index in [9.17, 15) is 9.50 Å². The van der Waals surface area contributed by atoms with Gasteiger partial charge in [-0.05, 0) is 18.2 Å². The highest BCUT2D eigenvalue weighted by molar-refractivity contribution is 8.14. The lowest BCUT2D eigenvalue weighted by atomic mass is 10.3. The molecule has 0 aliphatic carbocycles. The zero-order valence-electron chi connectivity index (χ0n) is 13.7. The number of rotatable bonds is 6. The van der Waals surface area contributed by atoms with Crippen LogP contribution in [0.5, 0.6) is 0 Å². The quantitative estimate of drug-likeness (QED) is 0.171. The maximum absolute atomic E-state index is 13.1. The lowest BCUT2D eigenvalue weighted by Gasteiger charge is -2.22. The van der Waals surface area contributed by atoms with Crippen LogP contribution in [0.2, 0.25) is 0 Å². The summed E-state index contributed by atoms with van der Waals surface area (Å²) >= 11 is 1.15. The highest BCUT2D eigenvalue weighted by Crippen LogP contribution is 2.23. The largest absolute Gasteiger partial charge is 0.395 e. The van der Waals surface area contributed by atoms with Gasteiger partial charge in [-0.25, -0.2) is 15.2 Å². The fraction of sp³-hybridized carbons (Fsp3) is 0.214. The number of anilines is 4. The molecule has 0 radical (unpaired) electrons. The number of nitrogen functional groups attached to an aromatic ring is 1. The van der Waals surface area contributed by atoms with Gasteiger partial charge >= 0.3 is 0 Å². The zero-order valence-corrected chi connectivity index (χ0v) is 14.5. The minimum absolute atomic E-state index is 0.134. The van der Waals surface area contributed by atoms with Gasteiger partial charge in [-0.3, -0.25) is 5.01 Å². The molecule has 12 heteroatoms. The van der Waals surface area contributed by atoms with Gasteiger partial charge in [0.1, 0.15) is 0 Å². The summed E-state index contributed by atoms with van der Waals surface area (Å²) in [7, 11) is 0. The number of hydrazone groups is 1. The highest BCUT2D eigenvalue weighted by atomic mass is 32.2. The first-order chi connectivity index (χ1) is 12.5. The Morgan fingerprint density at radius 3 is 2.85 bits per heavy atom. The van der Waals surface area contributed by atoms with Crippen molar-refractivity contribution in [2.24, 2.45) is 22.5 Å². The van der Waals surface area contributed by atoms with Gasteiger partial charge in [0.05, 0.1) is 18.5 Å². The molecule has 1 aromatic heterocycles. The van der Waals surface area contributed by atoms with E-state index in [4.69, 9.17) is 23.2 Å². The number of thioether (sulfide) groups is 1. The Balaban J connectivity index is 2.17. The number of nitrogens with zero attached hydrogens (tertiary/aromatic N) is 4. The maximum Gasteiger partial charge on any atom is 0.229 e. The second kappa shape index (κ2) is 9.15. The van der Waals surface area contributed by atoms with Crippen LogP contribution in [0.3, 0.4) is 0 Å². The summed E-state index contributed by atoms with van der Waals surface area (Å²) < 4.78 is 13.1. The van der Waals surface area contributed by atoms with Crippen LogP contribution in [0.4, 0.5) is 27.5 Å². The fourth-order valence-corrected chi connectivity index (χ4v) is 2.62. The van der Waals surface area contributed by atoms with Crippen LogP contribution < -0.4 is 33.5 Å². The van der Waals surface area contributed by atoms with Gasteiger partial charge < -0.3 is 27.7 Å². The molecule has 0 spiro atoms. The van der Waals surface area contributed by atoms with Crippen LogP contribution in [0.15, 0.2) is 35.6 Å². The van der Waals surface area contributed by atoms with Crippen molar-refractivity contribution in [2.75, 3.05) is 29.2 Å². The molecule has 2 rings (SSSR count). The maximum atomic E-state index is 13.1. The van der Waals surface area contributed by atoms with E-state index in [1.165, 1.54) is 5.01 Å². The van der Waals surface area contributed by atoms with Gasteiger partial charge in [0, 0.05) is 17.5 Å². The van der Waals surface area contributed by atoms with Crippen molar-refractivity contribution in [1.29, 1.82) is 0 Å². The number of hydrazine groups is 1. The SMILES string of the molecule is NCC(CO)S/C(=N/N)N(N)c1cccc(Nc2ncc(F)c(N)n2)c1. The number of aromatic nitrogens is 2. The number of halogens is 1. The molecule has 1 atom stereocenters. The van der Waals surface area contributed by atoms with E-state index in [-0.39, 0.29) is 35.3 Å². The first-order valence-corrected chi connectivity index (χ1v) is 8.31. The minimum atomic E-state index is -0.698. The molecule has 1 aromatic carbocycles. The van der Waals surface area contributed by atoms with E-state index in [0.29, 0.717) is 11.4 Å². The molecule has 0 saturated carbocycles. The van der Waals surface area contributed by atoms with Gasteiger partial charge in [0.15, 0.2) is 11.6 Å². The number of hydrogen-bond donors (Lipinski definition) is 6. The van der Waals surface area contributed by atoms with E-state index in [1.807, 2.05) is 0 Å². The highest BCUT2D eigenvalue weighted by Gasteiger charge is 2.17. The minimum Gasteiger partial charge on any atom is -0.395 e.